The molecule has 2 aromatic heterocycles. The number of phosphoric acid groups is 3. The van der Waals surface area contributed by atoms with Gasteiger partial charge in [0.05, 0.1) is 36.1 Å². The number of nitrogens with zero attached hydrogens (tertiary/aromatic N) is 2. The van der Waals surface area contributed by atoms with Crippen molar-refractivity contribution in [3.63, 3.8) is 0 Å². The van der Waals surface area contributed by atoms with Crippen LogP contribution in [0.3, 0.4) is 0 Å². The van der Waals surface area contributed by atoms with Crippen LogP contribution in [-0.2, 0) is 51.6 Å². The fourth-order valence-corrected chi connectivity index (χ4v) is 9.47. The lowest BCUT2D eigenvalue weighted by atomic mass is 9.93. The van der Waals surface area contributed by atoms with Gasteiger partial charge in [0.25, 0.3) is 11.1 Å². The van der Waals surface area contributed by atoms with Crippen LogP contribution >= 0.6 is 47.0 Å². The number of hydrogen-bond donors (Lipinski definition) is 8. The van der Waals surface area contributed by atoms with E-state index >= 15 is 0 Å². The number of halogens is 1. The number of hydrogen-bond acceptors (Lipinski definition) is 15. The molecule has 0 amide bonds. The van der Waals surface area contributed by atoms with E-state index in [2.05, 4.69) is 29.1 Å². The molecule has 0 spiro atoms. The van der Waals surface area contributed by atoms with Crippen molar-refractivity contribution < 1.29 is 75.0 Å². The Morgan fingerprint density at radius 3 is 2.06 bits per heavy atom. The third kappa shape index (κ3) is 10.5. The Balaban J connectivity index is 1.41. The Bertz CT molecular complexity index is 2030. The number of aromatic amines is 2. The maximum Gasteiger partial charge on any atom is 0.490 e. The van der Waals surface area contributed by atoms with Crippen molar-refractivity contribution in [3.05, 3.63) is 64.1 Å². The Labute approximate surface area is 287 Å². The van der Waals surface area contributed by atoms with Gasteiger partial charge in [-0.2, -0.15) is 8.62 Å². The largest absolute Gasteiger partial charge is 0.490 e. The fourth-order valence-electron chi connectivity index (χ4n) is 5.00. The van der Waals surface area contributed by atoms with Gasteiger partial charge in [-0.05, 0) is 21.8 Å². The van der Waals surface area contributed by atoms with E-state index in [0.29, 0.717) is 0 Å². The first kappa shape index (κ1) is 41.0. The summed E-state index contributed by atoms with van der Waals surface area (Å²) >= 11 is 2.98. The number of phosphoric ester groups is 1. The van der Waals surface area contributed by atoms with E-state index in [0.717, 1.165) is 21.5 Å². The second-order valence-electron chi connectivity index (χ2n) is 11.2. The van der Waals surface area contributed by atoms with Crippen LogP contribution in [0.25, 0.3) is 0 Å². The lowest BCUT2D eigenvalue weighted by molar-refractivity contribution is -0.0425. The van der Waals surface area contributed by atoms with Crippen molar-refractivity contribution in [1.82, 2.24) is 19.1 Å². The number of aliphatic hydroxyl groups is 1. The molecule has 4 rings (SSSR count). The van der Waals surface area contributed by atoms with E-state index in [-0.39, 0.29) is 10.9 Å². The minimum Gasteiger partial charge on any atom is -0.390 e. The summed E-state index contributed by atoms with van der Waals surface area (Å²) in [5.41, 5.74) is -4.00. The molecule has 50 heavy (non-hydrogen) atoms. The molecule has 24 nitrogen and oxygen atoms in total. The number of ether oxygens (including phenoxy) is 2. The molecule has 0 saturated carbocycles. The van der Waals surface area contributed by atoms with Crippen molar-refractivity contribution in [2.24, 2.45) is 11.8 Å². The van der Waals surface area contributed by atoms with Gasteiger partial charge in [-0.3, -0.25) is 37.8 Å². The van der Waals surface area contributed by atoms with Gasteiger partial charge in [-0.25, -0.2) is 23.3 Å². The monoisotopic (exact) mass is 862 g/mol. The van der Waals surface area contributed by atoms with Crippen molar-refractivity contribution >= 4 is 47.0 Å². The average molecular weight is 863 g/mol. The topological polar surface area (TPSA) is 355 Å². The normalized spacial score (nSPS) is 29.3. The van der Waals surface area contributed by atoms with E-state index in [9.17, 15) is 57.2 Å². The summed E-state index contributed by atoms with van der Waals surface area (Å²) in [6.45, 7) is 1.66. The highest BCUT2D eigenvalue weighted by Crippen LogP contribution is 2.66. The predicted molar refractivity (Wildman–Crippen MR) is 166 cm³/mol. The smallest absolute Gasteiger partial charge is 0.390 e. The number of H-pyrrole nitrogens is 2. The van der Waals surface area contributed by atoms with Crippen molar-refractivity contribution in [1.29, 1.82) is 0 Å². The summed E-state index contributed by atoms with van der Waals surface area (Å²) in [4.78, 5) is 100. The highest BCUT2D eigenvalue weighted by molar-refractivity contribution is 9.10. The number of rotatable bonds is 14. The molecule has 2 saturated heterocycles. The third-order valence-corrected chi connectivity index (χ3v) is 13.2. The third-order valence-electron chi connectivity index (χ3n) is 7.56. The molecular weight excluding hydrogens is 832 g/mol. The van der Waals surface area contributed by atoms with Crippen LogP contribution in [0.2, 0.25) is 0 Å². The van der Waals surface area contributed by atoms with Crippen LogP contribution in [0.1, 0.15) is 38.3 Å². The molecule has 0 aromatic carbocycles. The molecule has 10 unspecified atom stereocenters. The second-order valence-corrected chi connectivity index (χ2v) is 18.3. The van der Waals surface area contributed by atoms with Crippen LogP contribution in [0.5, 0.6) is 0 Å². The highest BCUT2D eigenvalue weighted by Gasteiger charge is 2.45. The molecule has 0 bridgehead atoms. The maximum absolute atomic E-state index is 13.0. The van der Waals surface area contributed by atoms with Gasteiger partial charge in [0, 0.05) is 30.3 Å². The molecular formula is C21H31BrN4O20P4. The SMILES string of the molecule is CC1C(COP(=O)(O)OP(=O)(O)OP(=O)(O)O)OC(n2cc(CP(=O)(O)OCC3OC(n4cc(Br)c(=O)[nH]c4=O)CC3O)c(=O)[nH]c2=O)C1C. The van der Waals surface area contributed by atoms with E-state index in [1.165, 1.54) is 0 Å². The van der Waals surface area contributed by atoms with Gasteiger partial charge in [0.1, 0.15) is 18.6 Å². The first-order valence-corrected chi connectivity index (χ1v) is 21.0. The van der Waals surface area contributed by atoms with Gasteiger partial charge in [-0.15, -0.1) is 0 Å². The Morgan fingerprint density at radius 2 is 1.42 bits per heavy atom. The summed E-state index contributed by atoms with van der Waals surface area (Å²) < 4.78 is 77.8. The zero-order valence-electron chi connectivity index (χ0n) is 25.5. The summed E-state index contributed by atoms with van der Waals surface area (Å²) in [5, 5.41) is 10.4. The second kappa shape index (κ2) is 15.3. The van der Waals surface area contributed by atoms with Gasteiger partial charge < -0.3 is 43.6 Å². The van der Waals surface area contributed by atoms with E-state index in [1.807, 2.05) is 9.97 Å². The van der Waals surface area contributed by atoms with Crippen LogP contribution in [0.4, 0.5) is 0 Å². The van der Waals surface area contributed by atoms with Crippen molar-refractivity contribution in [2.75, 3.05) is 13.2 Å². The molecule has 2 aliphatic rings. The molecule has 4 heterocycles. The van der Waals surface area contributed by atoms with Crippen LogP contribution in [0.15, 0.2) is 36.0 Å². The molecule has 2 aliphatic heterocycles. The lowest BCUT2D eigenvalue weighted by Gasteiger charge is -2.21. The first-order valence-electron chi connectivity index (χ1n) is 14.0. The standard InChI is InChI=1S/C21H31BrN4O20P4/c1-9-10(2)19(44-14(9)6-42-49(37,38)46-50(39,40)45-48(34,35)36)26-4-11(17(28)23-21(26)31)8-47(32,33)41-7-15-13(27)3-16(43-15)25-5-12(22)18(29)24-20(25)30/h4-5,9-10,13-16,19,27H,3,6-8H2,1-2H3,(H,32,33)(H,37,38)(H,39,40)(H,23,28,31)(H,24,29,30)(H2,34,35,36). The lowest BCUT2D eigenvalue weighted by Crippen LogP contribution is -2.35. The Morgan fingerprint density at radius 1 is 0.820 bits per heavy atom. The fraction of sp³-hybridized carbons (Fsp3) is 0.619. The van der Waals surface area contributed by atoms with E-state index < -0.39 is 121 Å². The van der Waals surface area contributed by atoms with Gasteiger partial charge in [-0.1, -0.05) is 13.8 Å². The quantitative estimate of drug-likeness (QED) is 0.113. The molecule has 10 atom stereocenters. The zero-order chi connectivity index (χ0) is 37.6. The zero-order valence-corrected chi connectivity index (χ0v) is 30.6. The van der Waals surface area contributed by atoms with E-state index in [1.54, 1.807) is 13.8 Å². The summed E-state index contributed by atoms with van der Waals surface area (Å²) in [6, 6.07) is 0. The van der Waals surface area contributed by atoms with Crippen molar-refractivity contribution in [3.8, 4) is 0 Å². The highest BCUT2D eigenvalue weighted by atomic mass is 79.9. The summed E-state index contributed by atoms with van der Waals surface area (Å²) in [6.07, 6.45) is -4.88. The molecule has 2 fully saturated rings. The molecule has 0 radical (unpaired) electrons. The van der Waals surface area contributed by atoms with Gasteiger partial charge in [0.2, 0.25) is 0 Å². The molecule has 8 N–H and O–H groups in total. The first-order chi connectivity index (χ1) is 22.9. The Hall–Kier alpha value is -1.72. The minimum absolute atomic E-state index is 0.00635. The average Bonchev–Trinajstić information content (AvgIpc) is 3.46. The summed E-state index contributed by atoms with van der Waals surface area (Å²) in [5.74, 6) is -1.20. The maximum atomic E-state index is 13.0. The molecule has 2 aromatic rings. The minimum atomic E-state index is -5.77. The number of aromatic nitrogens is 4. The molecule has 282 valence electrons. The molecule has 0 aliphatic carbocycles. The van der Waals surface area contributed by atoms with Crippen molar-refractivity contribution in [2.45, 2.75) is 57.2 Å². The van der Waals surface area contributed by atoms with Crippen LogP contribution < -0.4 is 22.5 Å². The van der Waals surface area contributed by atoms with Crippen LogP contribution in [-0.4, -0.2) is 80.2 Å². The number of aliphatic hydroxyl groups excluding tert-OH is 1. The van der Waals surface area contributed by atoms with Gasteiger partial charge >= 0.3 is 42.4 Å². The van der Waals surface area contributed by atoms with Gasteiger partial charge in [0.15, 0.2) is 0 Å². The summed E-state index contributed by atoms with van der Waals surface area (Å²) in [7, 11) is -21.6. The van der Waals surface area contributed by atoms with E-state index in [4.69, 9.17) is 23.8 Å². The predicted octanol–water partition coefficient (Wildman–Crippen LogP) is -0.287. The molecule has 29 heteroatoms. The number of nitrogens with one attached hydrogen (secondary N) is 2. The Kier molecular flexibility index (Phi) is 12.6. The van der Waals surface area contributed by atoms with Crippen LogP contribution in [0, 0.1) is 11.8 Å².